The highest BCUT2D eigenvalue weighted by Crippen LogP contribution is 2.48. The van der Waals surface area contributed by atoms with Gasteiger partial charge in [0.2, 0.25) is 0 Å². The zero-order valence-corrected chi connectivity index (χ0v) is 14.4. The fourth-order valence-electron chi connectivity index (χ4n) is 3.77. The summed E-state index contributed by atoms with van der Waals surface area (Å²) in [5, 5.41) is 18.8. The average molecular weight is 353 g/mol. The number of aliphatic carboxylic acids is 2. The minimum Gasteiger partial charge on any atom is -0.481 e. The van der Waals surface area contributed by atoms with Crippen molar-refractivity contribution in [2.45, 2.75) is 30.7 Å². The molecule has 3 rings (SSSR count). The highest BCUT2D eigenvalue weighted by atomic mass is 16.4. The monoisotopic (exact) mass is 353 g/mol. The summed E-state index contributed by atoms with van der Waals surface area (Å²) in [6.45, 7) is 0. The smallest absolute Gasteiger partial charge is 0.323 e. The van der Waals surface area contributed by atoms with Crippen LogP contribution in [-0.2, 0) is 9.59 Å². The molecule has 136 valence electrons. The summed E-state index contributed by atoms with van der Waals surface area (Å²) in [5.41, 5.74) is 6.90. The number of carboxylic acids is 2. The van der Waals surface area contributed by atoms with E-state index >= 15 is 0 Å². The minimum atomic E-state index is -1.51. The van der Waals surface area contributed by atoms with E-state index in [9.17, 15) is 14.7 Å². The molecule has 2 aromatic carbocycles. The first-order valence-electron chi connectivity index (χ1n) is 8.78. The van der Waals surface area contributed by atoms with Crippen LogP contribution >= 0.6 is 0 Å². The maximum Gasteiger partial charge on any atom is 0.323 e. The minimum absolute atomic E-state index is 0.0155. The van der Waals surface area contributed by atoms with Crippen LogP contribution < -0.4 is 5.73 Å². The second-order valence-electron chi connectivity index (χ2n) is 7.05. The Morgan fingerprint density at radius 3 is 1.88 bits per heavy atom. The number of nitrogens with two attached hydrogens (primary N) is 1. The van der Waals surface area contributed by atoms with Gasteiger partial charge in [-0.05, 0) is 30.4 Å². The maximum atomic E-state index is 11.8. The van der Waals surface area contributed by atoms with Crippen molar-refractivity contribution < 1.29 is 19.8 Å². The quantitative estimate of drug-likeness (QED) is 0.677. The predicted octanol–water partition coefficient (Wildman–Crippen LogP) is 3.10. The molecular weight excluding hydrogens is 330 g/mol. The highest BCUT2D eigenvalue weighted by Gasteiger charge is 2.58. The Morgan fingerprint density at radius 1 is 1.00 bits per heavy atom. The van der Waals surface area contributed by atoms with E-state index in [2.05, 4.69) is 0 Å². The first kappa shape index (κ1) is 18.1. The number of hydrogen-bond acceptors (Lipinski definition) is 3. The topological polar surface area (TPSA) is 101 Å². The van der Waals surface area contributed by atoms with Gasteiger partial charge in [0.25, 0.3) is 0 Å². The Labute approximate surface area is 152 Å². The molecule has 0 saturated heterocycles. The third kappa shape index (κ3) is 3.63. The van der Waals surface area contributed by atoms with Gasteiger partial charge in [-0.2, -0.15) is 0 Å². The lowest BCUT2D eigenvalue weighted by atomic mass is 9.80. The maximum absolute atomic E-state index is 11.8. The molecule has 26 heavy (non-hydrogen) atoms. The molecular formula is C21H23NO4. The van der Waals surface area contributed by atoms with E-state index in [1.807, 2.05) is 60.7 Å². The van der Waals surface area contributed by atoms with Crippen molar-refractivity contribution in [2.24, 2.45) is 17.6 Å². The van der Waals surface area contributed by atoms with Crippen molar-refractivity contribution in [3.05, 3.63) is 71.8 Å². The van der Waals surface area contributed by atoms with Crippen molar-refractivity contribution in [1.29, 1.82) is 0 Å². The molecule has 0 spiro atoms. The largest absolute Gasteiger partial charge is 0.481 e. The van der Waals surface area contributed by atoms with Gasteiger partial charge < -0.3 is 15.9 Å². The van der Waals surface area contributed by atoms with E-state index in [-0.39, 0.29) is 12.3 Å². The summed E-state index contributed by atoms with van der Waals surface area (Å²) in [6, 6.07) is 19.8. The molecule has 3 atom stereocenters. The van der Waals surface area contributed by atoms with Gasteiger partial charge in [-0.25, -0.2) is 0 Å². The molecule has 0 amide bonds. The number of carbonyl (C=O) groups is 2. The van der Waals surface area contributed by atoms with Crippen molar-refractivity contribution in [2.75, 3.05) is 0 Å². The van der Waals surface area contributed by atoms with Crippen LogP contribution in [0.25, 0.3) is 0 Å². The molecule has 1 aliphatic carbocycles. The Kier molecular flexibility index (Phi) is 5.09. The van der Waals surface area contributed by atoms with Crippen molar-refractivity contribution in [1.82, 2.24) is 0 Å². The predicted molar refractivity (Wildman–Crippen MR) is 97.7 cm³/mol. The van der Waals surface area contributed by atoms with Crippen LogP contribution in [0.5, 0.6) is 0 Å². The van der Waals surface area contributed by atoms with Gasteiger partial charge in [-0.3, -0.25) is 9.59 Å². The van der Waals surface area contributed by atoms with Crippen LogP contribution in [0.4, 0.5) is 0 Å². The highest BCUT2D eigenvalue weighted by molar-refractivity contribution is 5.83. The molecule has 0 bridgehead atoms. The van der Waals surface area contributed by atoms with Gasteiger partial charge in [-0.1, -0.05) is 60.7 Å². The van der Waals surface area contributed by atoms with Crippen LogP contribution in [0.1, 0.15) is 36.3 Å². The van der Waals surface area contributed by atoms with E-state index in [1.54, 1.807) is 0 Å². The summed E-state index contributed by atoms with van der Waals surface area (Å²) in [6.07, 6.45) is 1.10. The molecule has 0 aliphatic heterocycles. The molecule has 0 radical (unpaired) electrons. The Morgan fingerprint density at radius 2 is 1.50 bits per heavy atom. The molecule has 1 unspecified atom stereocenters. The summed E-state index contributed by atoms with van der Waals surface area (Å²) < 4.78 is 0. The molecule has 0 heterocycles. The Bertz CT molecular complexity index is 738. The first-order valence-corrected chi connectivity index (χ1v) is 8.78. The van der Waals surface area contributed by atoms with E-state index in [4.69, 9.17) is 10.8 Å². The lowest BCUT2D eigenvalue weighted by Crippen LogP contribution is -2.51. The molecule has 4 N–H and O–H groups in total. The fraction of sp³-hybridized carbons (Fsp3) is 0.333. The number of rotatable bonds is 8. The zero-order chi connectivity index (χ0) is 18.7. The molecule has 5 heteroatoms. The molecule has 1 saturated carbocycles. The lowest BCUT2D eigenvalue weighted by molar-refractivity contribution is -0.145. The summed E-state index contributed by atoms with van der Waals surface area (Å²) in [5.74, 6) is -3.23. The molecule has 2 aromatic rings. The Hall–Kier alpha value is -2.66. The van der Waals surface area contributed by atoms with Crippen LogP contribution in [0.15, 0.2) is 60.7 Å². The van der Waals surface area contributed by atoms with Gasteiger partial charge in [0.1, 0.15) is 5.54 Å². The normalized spacial score (nSPS) is 21.2. The zero-order valence-electron chi connectivity index (χ0n) is 14.4. The van der Waals surface area contributed by atoms with E-state index < -0.39 is 29.3 Å². The summed E-state index contributed by atoms with van der Waals surface area (Å²) in [7, 11) is 0. The van der Waals surface area contributed by atoms with E-state index in [0.29, 0.717) is 12.8 Å². The van der Waals surface area contributed by atoms with Crippen molar-refractivity contribution in [3.8, 4) is 0 Å². The number of hydrogen-bond donors (Lipinski definition) is 3. The Balaban J connectivity index is 1.83. The van der Waals surface area contributed by atoms with Crippen molar-refractivity contribution in [3.63, 3.8) is 0 Å². The van der Waals surface area contributed by atoms with Gasteiger partial charge in [0, 0.05) is 11.8 Å². The third-order valence-electron chi connectivity index (χ3n) is 5.42. The standard InChI is InChI=1S/C21H23NO4/c22-21(20(25)26,18-13-17(18)19(23)24)12-11-16(14-7-3-1-4-8-14)15-9-5-2-6-10-15/h1-10,16-18H,11-13,22H2,(H,23,24)(H,25,26)/t17-,18-,21?/m0/s1. The van der Waals surface area contributed by atoms with Crippen LogP contribution in [0, 0.1) is 11.8 Å². The molecule has 1 fully saturated rings. The lowest BCUT2D eigenvalue weighted by Gasteiger charge is -2.28. The first-order chi connectivity index (χ1) is 12.4. The second-order valence-corrected chi connectivity index (χ2v) is 7.05. The van der Waals surface area contributed by atoms with E-state index in [0.717, 1.165) is 11.1 Å². The van der Waals surface area contributed by atoms with Gasteiger partial charge in [-0.15, -0.1) is 0 Å². The van der Waals surface area contributed by atoms with Gasteiger partial charge >= 0.3 is 11.9 Å². The summed E-state index contributed by atoms with van der Waals surface area (Å²) >= 11 is 0. The van der Waals surface area contributed by atoms with E-state index in [1.165, 1.54) is 0 Å². The molecule has 0 aromatic heterocycles. The third-order valence-corrected chi connectivity index (χ3v) is 5.42. The SMILES string of the molecule is NC(CCC(c1ccccc1)c1ccccc1)(C(=O)O)[C@H]1C[C@@H]1C(=O)O. The van der Waals surface area contributed by atoms with Crippen LogP contribution in [0.3, 0.4) is 0 Å². The molecule has 5 nitrogen and oxygen atoms in total. The number of carboxylic acid groups (broad SMARTS) is 2. The van der Waals surface area contributed by atoms with Gasteiger partial charge in [0.05, 0.1) is 5.92 Å². The number of benzene rings is 2. The van der Waals surface area contributed by atoms with Crippen LogP contribution in [0.2, 0.25) is 0 Å². The fourth-order valence-corrected chi connectivity index (χ4v) is 3.77. The summed E-state index contributed by atoms with van der Waals surface area (Å²) in [4.78, 5) is 23.0. The van der Waals surface area contributed by atoms with Crippen LogP contribution in [-0.4, -0.2) is 27.7 Å². The van der Waals surface area contributed by atoms with Crippen molar-refractivity contribution >= 4 is 11.9 Å². The molecule has 1 aliphatic rings. The second kappa shape index (κ2) is 7.30. The average Bonchev–Trinajstić information content (AvgIpc) is 3.45. The van der Waals surface area contributed by atoms with Gasteiger partial charge in [0.15, 0.2) is 0 Å².